The molecule has 0 aliphatic carbocycles. The largest absolute Gasteiger partial charge is 0.469 e. The van der Waals surface area contributed by atoms with Crippen molar-refractivity contribution >= 4 is 11.7 Å². The normalized spacial score (nSPS) is 11.1. The van der Waals surface area contributed by atoms with Gasteiger partial charge in [-0.2, -0.15) is 0 Å². The van der Waals surface area contributed by atoms with Crippen molar-refractivity contribution in [3.8, 4) is 0 Å². The Morgan fingerprint density at radius 3 is 2.57 bits per heavy atom. The van der Waals surface area contributed by atoms with E-state index in [-0.39, 0.29) is 12.4 Å². The van der Waals surface area contributed by atoms with Gasteiger partial charge in [0, 0.05) is 24.2 Å². The molecule has 0 fully saturated rings. The van der Waals surface area contributed by atoms with Crippen molar-refractivity contribution in [2.75, 3.05) is 7.11 Å². The molecular weight excluding hydrogens is 292 g/mol. The molecule has 0 saturated carbocycles. The van der Waals surface area contributed by atoms with Crippen molar-refractivity contribution in [3.63, 3.8) is 0 Å². The molecule has 0 aliphatic rings. The van der Waals surface area contributed by atoms with Gasteiger partial charge in [-0.3, -0.25) is 9.78 Å². The minimum atomic E-state index is -0.259. The first-order chi connectivity index (χ1) is 11.1. The second kappa shape index (κ2) is 7.95. The van der Waals surface area contributed by atoms with Gasteiger partial charge in [-0.05, 0) is 23.3 Å². The zero-order chi connectivity index (χ0) is 16.7. The van der Waals surface area contributed by atoms with Crippen molar-refractivity contribution < 1.29 is 9.53 Å². The van der Waals surface area contributed by atoms with Crippen molar-refractivity contribution in [1.29, 1.82) is 0 Å². The highest BCUT2D eigenvalue weighted by atomic mass is 16.5. The summed E-state index contributed by atoms with van der Waals surface area (Å²) < 4.78 is 4.64. The monoisotopic (exact) mass is 312 g/mol. The van der Waals surface area contributed by atoms with Crippen LogP contribution in [0.15, 0.2) is 55.0 Å². The summed E-state index contributed by atoms with van der Waals surface area (Å²) in [5.74, 6) is 5.71. The van der Waals surface area contributed by atoms with E-state index in [0.29, 0.717) is 12.2 Å². The molecular formula is C17H20N4O2. The molecule has 1 aromatic carbocycles. The lowest BCUT2D eigenvalue weighted by atomic mass is 10.1. The number of rotatable bonds is 6. The van der Waals surface area contributed by atoms with E-state index in [1.54, 1.807) is 18.6 Å². The second-order valence-electron chi connectivity index (χ2n) is 5.07. The summed E-state index contributed by atoms with van der Waals surface area (Å²) >= 11 is 0. The summed E-state index contributed by atoms with van der Waals surface area (Å²) in [6.07, 6.45) is 5.30. The molecule has 0 aliphatic heterocycles. The Bertz CT molecular complexity index is 669. The fraction of sp³-hybridized carbons (Fsp3) is 0.176. The molecule has 0 radical (unpaired) electrons. The number of carbonyl (C=O) groups excluding carboxylic acids is 1. The number of aromatic nitrogens is 1. The van der Waals surface area contributed by atoms with Crippen LogP contribution < -0.4 is 11.6 Å². The van der Waals surface area contributed by atoms with Crippen LogP contribution in [0.1, 0.15) is 16.7 Å². The van der Waals surface area contributed by atoms with E-state index in [1.165, 1.54) is 12.1 Å². The highest BCUT2D eigenvalue weighted by Gasteiger charge is 2.04. The molecule has 0 saturated heterocycles. The first-order valence-corrected chi connectivity index (χ1v) is 7.12. The summed E-state index contributed by atoms with van der Waals surface area (Å²) in [4.78, 5) is 15.2. The number of hydrogen-bond donors (Lipinski definition) is 2. The van der Waals surface area contributed by atoms with Gasteiger partial charge in [0.25, 0.3) is 0 Å². The Labute approximate surface area is 135 Å². The third-order valence-electron chi connectivity index (χ3n) is 3.26. The number of hydrazine groups is 1. The van der Waals surface area contributed by atoms with E-state index >= 15 is 0 Å². The lowest BCUT2D eigenvalue weighted by molar-refractivity contribution is -0.139. The highest BCUT2D eigenvalue weighted by Crippen LogP contribution is 2.10. The number of nitrogens with zero attached hydrogens (tertiary/aromatic N) is 2. The van der Waals surface area contributed by atoms with Gasteiger partial charge in [-0.25, -0.2) is 5.84 Å². The Kier molecular flexibility index (Phi) is 5.71. The number of esters is 1. The average Bonchev–Trinajstić information content (AvgIpc) is 2.57. The summed E-state index contributed by atoms with van der Waals surface area (Å²) in [6, 6.07) is 11.3. The number of ether oxygens (including phenoxy) is 1. The second-order valence-corrected chi connectivity index (χ2v) is 5.07. The number of nitrogens with two attached hydrogens (primary N) is 2. The topological polar surface area (TPSA) is 94.5 Å². The van der Waals surface area contributed by atoms with Crippen molar-refractivity contribution in [2.45, 2.75) is 13.0 Å². The molecule has 0 unspecified atom stereocenters. The van der Waals surface area contributed by atoms with E-state index in [4.69, 9.17) is 11.6 Å². The Morgan fingerprint density at radius 2 is 1.96 bits per heavy atom. The SMILES string of the molecule is COC(=O)Cc1ccc(CN(N)/C=C(\N)c2cccnc2)cc1. The molecule has 23 heavy (non-hydrogen) atoms. The molecule has 0 amide bonds. The van der Waals surface area contributed by atoms with Crippen LogP contribution in [0, 0.1) is 0 Å². The third-order valence-corrected chi connectivity index (χ3v) is 3.26. The van der Waals surface area contributed by atoms with Crippen molar-refractivity contribution in [2.24, 2.45) is 11.6 Å². The maximum atomic E-state index is 11.2. The number of hydrogen-bond acceptors (Lipinski definition) is 6. The van der Waals surface area contributed by atoms with Crippen molar-refractivity contribution in [3.05, 3.63) is 71.7 Å². The minimum absolute atomic E-state index is 0.259. The smallest absolute Gasteiger partial charge is 0.309 e. The van der Waals surface area contributed by atoms with Crippen LogP contribution >= 0.6 is 0 Å². The fourth-order valence-corrected chi connectivity index (χ4v) is 2.04. The van der Waals surface area contributed by atoms with Crippen LogP contribution in [0.3, 0.4) is 0 Å². The number of carbonyl (C=O) groups is 1. The van der Waals surface area contributed by atoms with Gasteiger partial charge in [0.05, 0.1) is 25.8 Å². The van der Waals surface area contributed by atoms with E-state index in [2.05, 4.69) is 9.72 Å². The summed E-state index contributed by atoms with van der Waals surface area (Å²) in [7, 11) is 1.38. The van der Waals surface area contributed by atoms with E-state index < -0.39 is 0 Å². The number of benzene rings is 1. The molecule has 4 N–H and O–H groups in total. The standard InChI is InChI=1S/C17H20N4O2/c1-23-17(22)9-13-4-6-14(7-5-13)11-21(19)12-16(18)15-3-2-8-20-10-15/h2-8,10,12H,9,11,18-19H2,1H3/b16-12-. The molecule has 0 spiro atoms. The van der Waals surface area contributed by atoms with Gasteiger partial charge >= 0.3 is 5.97 Å². The van der Waals surface area contributed by atoms with E-state index in [9.17, 15) is 4.79 Å². The lowest BCUT2D eigenvalue weighted by Crippen LogP contribution is -2.25. The van der Waals surface area contributed by atoms with Crippen LogP contribution in [0.4, 0.5) is 0 Å². The van der Waals surface area contributed by atoms with Gasteiger partial charge in [-0.1, -0.05) is 24.3 Å². The summed E-state index contributed by atoms with van der Waals surface area (Å²) in [6.45, 7) is 0.499. The van der Waals surface area contributed by atoms with Gasteiger partial charge in [0.1, 0.15) is 0 Å². The fourth-order valence-electron chi connectivity index (χ4n) is 2.04. The van der Waals surface area contributed by atoms with E-state index in [1.807, 2.05) is 36.4 Å². The molecule has 6 nitrogen and oxygen atoms in total. The molecule has 0 bridgehead atoms. The molecule has 1 aromatic heterocycles. The molecule has 6 heteroatoms. The maximum absolute atomic E-state index is 11.2. The first kappa shape index (κ1) is 16.5. The van der Waals surface area contributed by atoms with Crippen molar-refractivity contribution in [1.82, 2.24) is 9.99 Å². The van der Waals surface area contributed by atoms with Crippen LogP contribution in [0.5, 0.6) is 0 Å². The average molecular weight is 312 g/mol. The van der Waals surface area contributed by atoms with Crippen LogP contribution in [-0.4, -0.2) is 23.1 Å². The van der Waals surface area contributed by atoms with E-state index in [0.717, 1.165) is 16.7 Å². The van der Waals surface area contributed by atoms with Crippen LogP contribution in [0.2, 0.25) is 0 Å². The minimum Gasteiger partial charge on any atom is -0.469 e. The molecule has 0 atom stereocenters. The van der Waals surface area contributed by atoms with Gasteiger partial charge in [-0.15, -0.1) is 0 Å². The summed E-state index contributed by atoms with van der Waals surface area (Å²) in [5.41, 5.74) is 9.26. The lowest BCUT2D eigenvalue weighted by Gasteiger charge is -2.15. The van der Waals surface area contributed by atoms with Crippen LogP contribution in [0.25, 0.3) is 5.70 Å². The predicted molar refractivity (Wildman–Crippen MR) is 88.3 cm³/mol. The summed E-state index contributed by atoms with van der Waals surface area (Å²) in [5, 5.41) is 1.51. The van der Waals surface area contributed by atoms with Crippen LogP contribution in [-0.2, 0) is 22.5 Å². The molecule has 1 heterocycles. The number of pyridine rings is 1. The maximum Gasteiger partial charge on any atom is 0.309 e. The van der Waals surface area contributed by atoms with Gasteiger partial charge < -0.3 is 15.5 Å². The Hall–Kier alpha value is -2.86. The van der Waals surface area contributed by atoms with Gasteiger partial charge in [0.15, 0.2) is 0 Å². The first-order valence-electron chi connectivity index (χ1n) is 7.12. The molecule has 120 valence electrons. The zero-order valence-corrected chi connectivity index (χ0v) is 13.0. The third kappa shape index (κ3) is 5.12. The zero-order valence-electron chi connectivity index (χ0n) is 13.0. The number of methoxy groups -OCH3 is 1. The Balaban J connectivity index is 1.97. The molecule has 2 rings (SSSR count). The quantitative estimate of drug-likeness (QED) is 0.476. The molecule has 2 aromatic rings. The van der Waals surface area contributed by atoms with Gasteiger partial charge in [0.2, 0.25) is 0 Å². The Morgan fingerprint density at radius 1 is 1.26 bits per heavy atom. The highest BCUT2D eigenvalue weighted by molar-refractivity contribution is 5.72. The predicted octanol–water partition coefficient (Wildman–Crippen LogP) is 1.43.